The maximum atomic E-state index is 6.73. The first-order chi connectivity index (χ1) is 11.0. The Balaban J connectivity index is 2.09. The smallest absolute Gasteiger partial charge is 0.201 e. The molecule has 2 fully saturated rings. The molecule has 0 aromatic carbocycles. The van der Waals surface area contributed by atoms with E-state index in [-0.39, 0.29) is 12.2 Å². The highest BCUT2D eigenvalue weighted by atomic mass is 16.9. The van der Waals surface area contributed by atoms with Crippen LogP contribution in [0.15, 0.2) is 0 Å². The van der Waals surface area contributed by atoms with E-state index in [4.69, 9.17) is 14.2 Å². The fraction of sp³-hybridized carbons (Fsp3) is 1.00. The Morgan fingerprint density at radius 2 is 1.13 bits per heavy atom. The van der Waals surface area contributed by atoms with E-state index >= 15 is 0 Å². The Kier molecular flexibility index (Phi) is 6.55. The SMILES string of the molecule is CCCCC(CC)C1(OC2(C(CC)CCCC)OC2C)OC1C. The lowest BCUT2D eigenvalue weighted by molar-refractivity contribution is -0.198. The van der Waals surface area contributed by atoms with Crippen LogP contribution in [0.1, 0.15) is 92.9 Å². The lowest BCUT2D eigenvalue weighted by atomic mass is 9.88. The zero-order chi connectivity index (χ0) is 17.1. The van der Waals surface area contributed by atoms with Gasteiger partial charge in [-0.15, -0.1) is 0 Å². The monoisotopic (exact) mass is 326 g/mol. The number of ether oxygens (including phenoxy) is 3. The predicted octanol–water partition coefficient (Wildman–Crippen LogP) is 5.67. The molecule has 2 aliphatic heterocycles. The van der Waals surface area contributed by atoms with Gasteiger partial charge in [0.1, 0.15) is 12.2 Å². The quantitative estimate of drug-likeness (QED) is 0.434. The molecule has 6 atom stereocenters. The lowest BCUT2D eigenvalue weighted by Crippen LogP contribution is -2.41. The number of epoxide rings is 2. The Bertz CT molecular complexity index is 338. The molecular weight excluding hydrogens is 288 g/mol. The van der Waals surface area contributed by atoms with Gasteiger partial charge >= 0.3 is 0 Å². The first-order valence-corrected chi connectivity index (χ1v) is 10.1. The van der Waals surface area contributed by atoms with E-state index in [0.29, 0.717) is 11.8 Å². The van der Waals surface area contributed by atoms with Crippen LogP contribution in [0.4, 0.5) is 0 Å². The molecule has 6 unspecified atom stereocenters. The molecule has 0 amide bonds. The van der Waals surface area contributed by atoms with Crippen molar-refractivity contribution < 1.29 is 14.2 Å². The summed E-state index contributed by atoms with van der Waals surface area (Å²) in [5, 5.41) is 0. The minimum absolute atomic E-state index is 0.196. The van der Waals surface area contributed by atoms with Gasteiger partial charge < -0.3 is 14.2 Å². The van der Waals surface area contributed by atoms with Crippen LogP contribution in [-0.2, 0) is 14.2 Å². The van der Waals surface area contributed by atoms with Crippen LogP contribution >= 0.6 is 0 Å². The van der Waals surface area contributed by atoms with Crippen LogP contribution in [0.3, 0.4) is 0 Å². The van der Waals surface area contributed by atoms with Crippen LogP contribution in [0.5, 0.6) is 0 Å². The third kappa shape index (κ3) is 3.77. The second-order valence-corrected chi connectivity index (χ2v) is 7.56. The fourth-order valence-electron chi connectivity index (χ4n) is 4.25. The van der Waals surface area contributed by atoms with Gasteiger partial charge in [0.05, 0.1) is 0 Å². The van der Waals surface area contributed by atoms with Gasteiger partial charge in [0.15, 0.2) is 0 Å². The Hall–Kier alpha value is -0.120. The molecule has 2 rings (SSSR count). The van der Waals surface area contributed by atoms with Crippen LogP contribution in [-0.4, -0.2) is 23.8 Å². The molecule has 3 heteroatoms. The van der Waals surface area contributed by atoms with Crippen LogP contribution in [0, 0.1) is 11.8 Å². The van der Waals surface area contributed by atoms with Gasteiger partial charge in [0, 0.05) is 11.8 Å². The van der Waals surface area contributed by atoms with E-state index in [1.165, 1.54) is 38.5 Å². The highest BCUT2D eigenvalue weighted by Gasteiger charge is 2.70. The molecule has 3 nitrogen and oxygen atoms in total. The predicted molar refractivity (Wildman–Crippen MR) is 94.3 cm³/mol. The summed E-state index contributed by atoms with van der Waals surface area (Å²) in [6.07, 6.45) is 9.94. The normalized spacial score (nSPS) is 38.3. The van der Waals surface area contributed by atoms with E-state index in [0.717, 1.165) is 12.8 Å². The minimum atomic E-state index is -0.395. The average molecular weight is 327 g/mol. The summed E-state index contributed by atoms with van der Waals surface area (Å²) in [7, 11) is 0. The first-order valence-electron chi connectivity index (χ1n) is 10.1. The fourth-order valence-corrected chi connectivity index (χ4v) is 4.25. The molecular formula is C20H38O3. The molecule has 0 aromatic rings. The minimum Gasteiger partial charge on any atom is -0.338 e. The van der Waals surface area contributed by atoms with Gasteiger partial charge in [0.25, 0.3) is 0 Å². The second-order valence-electron chi connectivity index (χ2n) is 7.56. The molecule has 0 saturated carbocycles. The maximum Gasteiger partial charge on any atom is 0.201 e. The largest absolute Gasteiger partial charge is 0.338 e. The summed E-state index contributed by atoms with van der Waals surface area (Å²) in [5.74, 6) is 0.173. The molecule has 2 heterocycles. The summed E-state index contributed by atoms with van der Waals surface area (Å²) < 4.78 is 18.9. The second kappa shape index (κ2) is 7.84. The number of hydrogen-bond acceptors (Lipinski definition) is 3. The number of hydrogen-bond donors (Lipinski definition) is 0. The summed E-state index contributed by atoms with van der Waals surface area (Å²) in [5.41, 5.74) is 0. The summed E-state index contributed by atoms with van der Waals surface area (Å²) in [4.78, 5) is 0. The molecule has 0 bridgehead atoms. The number of rotatable bonds is 12. The summed E-state index contributed by atoms with van der Waals surface area (Å²) in [6, 6.07) is 0. The van der Waals surface area contributed by atoms with E-state index in [9.17, 15) is 0 Å². The van der Waals surface area contributed by atoms with Crippen molar-refractivity contribution in [3.8, 4) is 0 Å². The van der Waals surface area contributed by atoms with Crippen molar-refractivity contribution in [1.29, 1.82) is 0 Å². The first kappa shape index (κ1) is 19.2. The van der Waals surface area contributed by atoms with Crippen molar-refractivity contribution in [2.75, 3.05) is 0 Å². The molecule has 0 radical (unpaired) electrons. The molecule has 23 heavy (non-hydrogen) atoms. The van der Waals surface area contributed by atoms with Gasteiger partial charge in [-0.1, -0.05) is 53.4 Å². The third-order valence-electron chi connectivity index (χ3n) is 6.00. The van der Waals surface area contributed by atoms with Gasteiger partial charge in [-0.2, -0.15) is 0 Å². The van der Waals surface area contributed by atoms with Gasteiger partial charge in [0.2, 0.25) is 11.6 Å². The Morgan fingerprint density at radius 1 is 0.783 bits per heavy atom. The maximum absolute atomic E-state index is 6.73. The highest BCUT2D eigenvalue weighted by Crippen LogP contribution is 2.57. The van der Waals surface area contributed by atoms with Crippen molar-refractivity contribution in [2.45, 2.75) is 117 Å². The third-order valence-corrected chi connectivity index (χ3v) is 6.00. The van der Waals surface area contributed by atoms with Crippen molar-refractivity contribution in [1.82, 2.24) is 0 Å². The molecule has 136 valence electrons. The van der Waals surface area contributed by atoms with Crippen LogP contribution in [0.25, 0.3) is 0 Å². The van der Waals surface area contributed by atoms with Crippen molar-refractivity contribution in [2.24, 2.45) is 11.8 Å². The topological polar surface area (TPSA) is 34.3 Å². The van der Waals surface area contributed by atoms with E-state index in [2.05, 4.69) is 41.5 Å². The van der Waals surface area contributed by atoms with Gasteiger partial charge in [-0.25, -0.2) is 0 Å². The highest BCUT2D eigenvalue weighted by molar-refractivity contribution is 5.05. The van der Waals surface area contributed by atoms with Crippen molar-refractivity contribution in [3.05, 3.63) is 0 Å². The summed E-state index contributed by atoms with van der Waals surface area (Å²) >= 11 is 0. The van der Waals surface area contributed by atoms with Gasteiger partial charge in [-0.05, 0) is 39.5 Å². The standard InChI is InChI=1S/C20H38O3/c1-7-11-13-17(9-3)19(15(5)21-19)23-20(16(6)22-20)18(10-4)14-12-8-2/h15-18H,7-14H2,1-6H3. The lowest BCUT2D eigenvalue weighted by Gasteiger charge is -2.31. The van der Waals surface area contributed by atoms with Crippen LogP contribution in [0.2, 0.25) is 0 Å². The molecule has 0 aromatic heterocycles. The molecule has 0 spiro atoms. The van der Waals surface area contributed by atoms with E-state index in [1.807, 2.05) is 0 Å². The Labute approximate surface area is 143 Å². The van der Waals surface area contributed by atoms with Crippen LogP contribution < -0.4 is 0 Å². The zero-order valence-electron chi connectivity index (χ0n) is 16.2. The van der Waals surface area contributed by atoms with Crippen molar-refractivity contribution in [3.63, 3.8) is 0 Å². The van der Waals surface area contributed by atoms with E-state index < -0.39 is 11.6 Å². The zero-order valence-corrected chi connectivity index (χ0v) is 16.2. The molecule has 2 aliphatic rings. The summed E-state index contributed by atoms with van der Waals surface area (Å²) in [6.45, 7) is 13.3. The number of unbranched alkanes of at least 4 members (excludes halogenated alkanes) is 2. The molecule has 0 aliphatic carbocycles. The Morgan fingerprint density at radius 3 is 1.35 bits per heavy atom. The average Bonchev–Trinajstić information content (AvgIpc) is 3.38. The van der Waals surface area contributed by atoms with E-state index in [1.54, 1.807) is 0 Å². The molecule has 2 saturated heterocycles. The van der Waals surface area contributed by atoms with Gasteiger partial charge in [-0.3, -0.25) is 0 Å². The molecule has 0 N–H and O–H groups in total. The van der Waals surface area contributed by atoms with Crippen molar-refractivity contribution >= 4 is 0 Å².